The van der Waals surface area contributed by atoms with E-state index in [0.717, 1.165) is 16.5 Å². The summed E-state index contributed by atoms with van der Waals surface area (Å²) in [6.45, 7) is 1.99. The van der Waals surface area contributed by atoms with Gasteiger partial charge in [-0.05, 0) is 24.1 Å². The lowest BCUT2D eigenvalue weighted by molar-refractivity contribution is 1.13. The molecule has 0 radical (unpaired) electrons. The predicted molar refractivity (Wildman–Crippen MR) is 71.0 cm³/mol. The molecule has 0 amide bonds. The van der Waals surface area contributed by atoms with Crippen LogP contribution >= 0.6 is 15.9 Å². The molecule has 4 nitrogen and oxygen atoms in total. The van der Waals surface area contributed by atoms with Crippen molar-refractivity contribution in [2.45, 2.75) is 13.3 Å². The zero-order valence-electron chi connectivity index (χ0n) is 9.66. The molecule has 0 bridgehead atoms. The molecule has 0 saturated carbocycles. The van der Waals surface area contributed by atoms with Crippen LogP contribution in [-0.2, 0) is 6.42 Å². The third kappa shape index (κ3) is 3.10. The van der Waals surface area contributed by atoms with E-state index in [0.29, 0.717) is 5.69 Å². The summed E-state index contributed by atoms with van der Waals surface area (Å²) in [4.78, 5) is 0. The normalized spacial score (nSPS) is 8.61. The van der Waals surface area contributed by atoms with Crippen LogP contribution in [0.5, 0.6) is 0 Å². The van der Waals surface area contributed by atoms with Crippen LogP contribution in [0.2, 0.25) is 0 Å². The Hall–Kier alpha value is -2.29. The maximum atomic E-state index is 8.97. The van der Waals surface area contributed by atoms with Crippen LogP contribution in [0.3, 0.4) is 0 Å². The first-order chi connectivity index (χ1) is 8.65. The molecule has 1 aromatic rings. The molecule has 0 aromatic heterocycles. The Morgan fingerprint density at radius 3 is 2.39 bits per heavy atom. The summed E-state index contributed by atoms with van der Waals surface area (Å²) >= 11 is 3.34. The van der Waals surface area contributed by atoms with Gasteiger partial charge in [-0.25, -0.2) is 0 Å². The average molecular weight is 301 g/mol. The Bertz CT molecular complexity index is 595. The molecule has 18 heavy (non-hydrogen) atoms. The summed E-state index contributed by atoms with van der Waals surface area (Å²) < 4.78 is 0.856. The second kappa shape index (κ2) is 6.45. The van der Waals surface area contributed by atoms with Crippen molar-refractivity contribution < 1.29 is 0 Å². The first kappa shape index (κ1) is 13.8. The summed E-state index contributed by atoms with van der Waals surface area (Å²) in [7, 11) is 0. The molecule has 0 aliphatic carbocycles. The first-order valence-corrected chi connectivity index (χ1v) is 5.95. The zero-order chi connectivity index (χ0) is 13.5. The van der Waals surface area contributed by atoms with Crippen molar-refractivity contribution in [2.75, 3.05) is 5.32 Å². The van der Waals surface area contributed by atoms with Crippen molar-refractivity contribution in [3.05, 3.63) is 39.5 Å². The number of aryl methyl sites for hydroxylation is 1. The van der Waals surface area contributed by atoms with Gasteiger partial charge >= 0.3 is 0 Å². The average Bonchev–Trinajstić information content (AvgIpc) is 2.39. The number of halogens is 1. The van der Waals surface area contributed by atoms with Crippen molar-refractivity contribution in [1.82, 2.24) is 0 Å². The highest BCUT2D eigenvalue weighted by Crippen LogP contribution is 2.23. The fourth-order valence-corrected chi connectivity index (χ4v) is 1.75. The monoisotopic (exact) mass is 300 g/mol. The standard InChI is InChI=1S/C13H9BrN4/c1-2-9-3-4-11(14)5-12(9)18-13(8-17)10(6-15)7-16/h3-5,18H,2H2,1H3. The van der Waals surface area contributed by atoms with Gasteiger partial charge in [0, 0.05) is 10.2 Å². The van der Waals surface area contributed by atoms with Gasteiger partial charge in [-0.1, -0.05) is 28.9 Å². The molecule has 0 fully saturated rings. The van der Waals surface area contributed by atoms with E-state index in [9.17, 15) is 0 Å². The fourth-order valence-electron chi connectivity index (χ4n) is 1.39. The Labute approximate surface area is 114 Å². The van der Waals surface area contributed by atoms with Crippen molar-refractivity contribution in [1.29, 1.82) is 15.8 Å². The van der Waals surface area contributed by atoms with Crippen LogP contribution in [0.15, 0.2) is 33.9 Å². The van der Waals surface area contributed by atoms with Gasteiger partial charge in [-0.2, -0.15) is 15.8 Å². The van der Waals surface area contributed by atoms with Crippen LogP contribution in [0.4, 0.5) is 5.69 Å². The molecule has 0 aliphatic heterocycles. The summed E-state index contributed by atoms with van der Waals surface area (Å²) in [5.74, 6) is 0. The van der Waals surface area contributed by atoms with Gasteiger partial charge in [0.1, 0.15) is 23.9 Å². The molecule has 0 spiro atoms. The number of allylic oxidation sites excluding steroid dienone is 2. The van der Waals surface area contributed by atoms with Crippen LogP contribution < -0.4 is 5.32 Å². The molecule has 0 aliphatic rings. The van der Waals surface area contributed by atoms with E-state index in [1.165, 1.54) is 0 Å². The van der Waals surface area contributed by atoms with Crippen LogP contribution in [0.25, 0.3) is 0 Å². The third-order valence-electron chi connectivity index (χ3n) is 2.30. The molecule has 1 N–H and O–H groups in total. The summed E-state index contributed by atoms with van der Waals surface area (Å²) in [6, 6.07) is 10.8. The van der Waals surface area contributed by atoms with E-state index < -0.39 is 0 Å². The second-order valence-corrected chi connectivity index (χ2v) is 4.28. The van der Waals surface area contributed by atoms with Crippen LogP contribution in [0.1, 0.15) is 12.5 Å². The molecular formula is C13H9BrN4. The van der Waals surface area contributed by atoms with Crippen LogP contribution in [0, 0.1) is 34.0 Å². The first-order valence-electron chi connectivity index (χ1n) is 5.16. The number of anilines is 1. The summed E-state index contributed by atoms with van der Waals surface area (Å²) in [5.41, 5.74) is 1.46. The topological polar surface area (TPSA) is 83.4 Å². The van der Waals surface area contributed by atoms with Gasteiger partial charge < -0.3 is 5.32 Å². The minimum atomic E-state index is -0.223. The van der Waals surface area contributed by atoms with Gasteiger partial charge in [0.05, 0.1) is 0 Å². The van der Waals surface area contributed by atoms with Crippen molar-refractivity contribution in [3.63, 3.8) is 0 Å². The Balaban J connectivity index is 3.24. The van der Waals surface area contributed by atoms with E-state index in [-0.39, 0.29) is 11.3 Å². The van der Waals surface area contributed by atoms with E-state index >= 15 is 0 Å². The molecule has 0 heterocycles. The summed E-state index contributed by atoms with van der Waals surface area (Å²) in [6.07, 6.45) is 0.781. The number of nitrogens with one attached hydrogen (secondary N) is 1. The van der Waals surface area contributed by atoms with Crippen molar-refractivity contribution in [2.24, 2.45) is 0 Å². The molecule has 5 heteroatoms. The number of hydrogen-bond donors (Lipinski definition) is 1. The zero-order valence-corrected chi connectivity index (χ0v) is 11.2. The highest BCUT2D eigenvalue weighted by Gasteiger charge is 2.08. The molecular weight excluding hydrogens is 292 g/mol. The van der Waals surface area contributed by atoms with E-state index in [4.69, 9.17) is 15.8 Å². The third-order valence-corrected chi connectivity index (χ3v) is 2.79. The number of nitriles is 3. The Kier molecular flexibility index (Phi) is 4.93. The quantitative estimate of drug-likeness (QED) is 0.869. The minimum absolute atomic E-state index is 0.0344. The number of rotatable bonds is 3. The van der Waals surface area contributed by atoms with Gasteiger partial charge in [-0.15, -0.1) is 0 Å². The van der Waals surface area contributed by atoms with Crippen LogP contribution in [-0.4, -0.2) is 0 Å². The SMILES string of the molecule is CCc1ccc(Br)cc1NC(C#N)=C(C#N)C#N. The molecule has 0 unspecified atom stereocenters. The largest absolute Gasteiger partial charge is 0.345 e. The van der Waals surface area contributed by atoms with Crippen molar-refractivity contribution >= 4 is 21.6 Å². The lowest BCUT2D eigenvalue weighted by atomic mass is 10.1. The van der Waals surface area contributed by atoms with E-state index in [1.54, 1.807) is 12.1 Å². The van der Waals surface area contributed by atoms with E-state index in [2.05, 4.69) is 21.2 Å². The predicted octanol–water partition coefficient (Wildman–Crippen LogP) is 3.25. The maximum Gasteiger partial charge on any atom is 0.163 e. The lowest BCUT2D eigenvalue weighted by Crippen LogP contribution is -2.03. The number of benzene rings is 1. The Morgan fingerprint density at radius 2 is 1.89 bits per heavy atom. The smallest absolute Gasteiger partial charge is 0.163 e. The Morgan fingerprint density at radius 1 is 1.22 bits per heavy atom. The highest BCUT2D eigenvalue weighted by atomic mass is 79.9. The van der Waals surface area contributed by atoms with Gasteiger partial charge in [0.2, 0.25) is 0 Å². The summed E-state index contributed by atoms with van der Waals surface area (Å²) in [5, 5.41) is 29.3. The molecule has 1 aromatic carbocycles. The number of nitrogens with zero attached hydrogens (tertiary/aromatic N) is 3. The number of hydrogen-bond acceptors (Lipinski definition) is 4. The molecule has 88 valence electrons. The fraction of sp³-hybridized carbons (Fsp3) is 0.154. The second-order valence-electron chi connectivity index (χ2n) is 3.37. The molecule has 1 rings (SSSR count). The van der Waals surface area contributed by atoms with E-state index in [1.807, 2.05) is 31.2 Å². The van der Waals surface area contributed by atoms with Gasteiger partial charge in [0.15, 0.2) is 5.57 Å². The molecule has 0 atom stereocenters. The minimum Gasteiger partial charge on any atom is -0.345 e. The van der Waals surface area contributed by atoms with Gasteiger partial charge in [0.25, 0.3) is 0 Å². The van der Waals surface area contributed by atoms with Gasteiger partial charge in [-0.3, -0.25) is 0 Å². The lowest BCUT2D eigenvalue weighted by Gasteiger charge is -2.10. The molecule has 0 saturated heterocycles. The van der Waals surface area contributed by atoms with Crippen molar-refractivity contribution in [3.8, 4) is 18.2 Å². The highest BCUT2D eigenvalue weighted by molar-refractivity contribution is 9.10. The maximum absolute atomic E-state index is 8.97.